The van der Waals surface area contributed by atoms with Crippen LogP contribution in [0.1, 0.15) is 31.2 Å². The second-order valence-electron chi connectivity index (χ2n) is 5.74. The van der Waals surface area contributed by atoms with Gasteiger partial charge in [-0.2, -0.15) is 0 Å². The average Bonchev–Trinajstić information content (AvgIpc) is 2.51. The van der Waals surface area contributed by atoms with E-state index in [2.05, 4.69) is 10.6 Å². The number of benzene rings is 1. The zero-order valence-electron chi connectivity index (χ0n) is 12.6. The number of rotatable bonds is 5. The average molecular weight is 326 g/mol. The van der Waals surface area contributed by atoms with E-state index in [0.717, 1.165) is 0 Å². The van der Waals surface area contributed by atoms with E-state index in [-0.39, 0.29) is 30.5 Å². The third kappa shape index (κ3) is 4.91. The lowest BCUT2D eigenvalue weighted by Gasteiger charge is -2.26. The van der Waals surface area contributed by atoms with E-state index in [9.17, 15) is 18.4 Å². The Labute approximate surface area is 133 Å². The highest BCUT2D eigenvalue weighted by molar-refractivity contribution is 5.74. The van der Waals surface area contributed by atoms with Crippen molar-refractivity contribution in [2.75, 3.05) is 6.54 Å². The molecule has 1 aromatic carbocycles. The third-order valence-corrected chi connectivity index (χ3v) is 4.13. The largest absolute Gasteiger partial charge is 0.481 e. The van der Waals surface area contributed by atoms with Crippen LogP contribution in [0.5, 0.6) is 0 Å². The van der Waals surface area contributed by atoms with E-state index in [4.69, 9.17) is 5.11 Å². The van der Waals surface area contributed by atoms with Crippen molar-refractivity contribution in [3.05, 3.63) is 35.4 Å². The predicted octanol–water partition coefficient (Wildman–Crippen LogP) is 2.45. The Hall–Kier alpha value is -2.18. The summed E-state index contributed by atoms with van der Waals surface area (Å²) >= 11 is 0. The standard InChI is InChI=1S/C16H20F2N2O3/c17-13-2-1-3-14(18)12(13)8-9-19-16(23)20-11-6-4-10(5-7-11)15(21)22/h1-3,10-11H,4-9H2,(H,21,22)(H2,19,20,23). The Bertz CT molecular complexity index is 552. The Kier molecular flexibility index (Phi) is 5.90. The molecule has 7 heteroatoms. The van der Waals surface area contributed by atoms with Crippen LogP contribution in [0.3, 0.4) is 0 Å². The molecule has 1 aromatic rings. The summed E-state index contributed by atoms with van der Waals surface area (Å²) in [6.07, 6.45) is 2.39. The molecule has 0 bridgehead atoms. The van der Waals surface area contributed by atoms with Crippen LogP contribution in [-0.2, 0) is 11.2 Å². The second-order valence-corrected chi connectivity index (χ2v) is 5.74. The van der Waals surface area contributed by atoms with Crippen molar-refractivity contribution in [1.82, 2.24) is 10.6 Å². The predicted molar refractivity (Wildman–Crippen MR) is 80.0 cm³/mol. The van der Waals surface area contributed by atoms with Crippen LogP contribution in [0.25, 0.3) is 0 Å². The van der Waals surface area contributed by atoms with Gasteiger partial charge in [0.05, 0.1) is 5.92 Å². The number of amides is 2. The first-order valence-corrected chi connectivity index (χ1v) is 7.67. The molecule has 1 aliphatic rings. The van der Waals surface area contributed by atoms with Crippen LogP contribution in [0, 0.1) is 17.6 Å². The number of carboxylic acids is 1. The Morgan fingerprint density at radius 2 is 1.74 bits per heavy atom. The zero-order valence-corrected chi connectivity index (χ0v) is 12.6. The van der Waals surface area contributed by atoms with Crippen LogP contribution in [0.2, 0.25) is 0 Å². The smallest absolute Gasteiger partial charge is 0.315 e. The number of hydrogen-bond acceptors (Lipinski definition) is 2. The first kappa shape index (κ1) is 17.2. The molecular weight excluding hydrogens is 306 g/mol. The molecule has 0 radical (unpaired) electrons. The molecule has 0 heterocycles. The summed E-state index contributed by atoms with van der Waals surface area (Å²) in [5.41, 5.74) is -0.0465. The number of urea groups is 1. The molecule has 2 amide bonds. The molecule has 1 aliphatic carbocycles. The summed E-state index contributed by atoms with van der Waals surface area (Å²) in [6, 6.07) is 3.19. The minimum absolute atomic E-state index is 0.0465. The van der Waals surface area contributed by atoms with Gasteiger partial charge in [0.2, 0.25) is 0 Å². The van der Waals surface area contributed by atoms with Gasteiger partial charge in [0.25, 0.3) is 0 Å². The van der Waals surface area contributed by atoms with Crippen molar-refractivity contribution in [3.63, 3.8) is 0 Å². The Morgan fingerprint density at radius 1 is 1.13 bits per heavy atom. The van der Waals surface area contributed by atoms with Crippen molar-refractivity contribution in [2.24, 2.45) is 5.92 Å². The van der Waals surface area contributed by atoms with Gasteiger partial charge in [-0.1, -0.05) is 6.07 Å². The van der Waals surface area contributed by atoms with Gasteiger partial charge in [-0.05, 0) is 44.2 Å². The maximum Gasteiger partial charge on any atom is 0.315 e. The summed E-state index contributed by atoms with van der Waals surface area (Å²) in [5.74, 6) is -2.38. The van der Waals surface area contributed by atoms with Gasteiger partial charge in [0.1, 0.15) is 11.6 Å². The summed E-state index contributed by atoms with van der Waals surface area (Å²) < 4.78 is 26.9. The quantitative estimate of drug-likeness (QED) is 0.778. The Morgan fingerprint density at radius 3 is 2.30 bits per heavy atom. The molecule has 0 spiro atoms. The summed E-state index contributed by atoms with van der Waals surface area (Å²) in [7, 11) is 0. The molecule has 2 rings (SSSR count). The van der Waals surface area contributed by atoms with Crippen molar-refractivity contribution >= 4 is 12.0 Å². The van der Waals surface area contributed by atoms with Crippen molar-refractivity contribution in [2.45, 2.75) is 38.1 Å². The number of halogens is 2. The van der Waals surface area contributed by atoms with E-state index < -0.39 is 23.6 Å². The monoisotopic (exact) mass is 326 g/mol. The molecule has 0 unspecified atom stereocenters. The maximum atomic E-state index is 13.4. The number of carboxylic acid groups (broad SMARTS) is 1. The van der Waals surface area contributed by atoms with Gasteiger partial charge >= 0.3 is 12.0 Å². The number of nitrogens with one attached hydrogen (secondary N) is 2. The molecule has 1 fully saturated rings. The topological polar surface area (TPSA) is 78.4 Å². The van der Waals surface area contributed by atoms with Gasteiger partial charge in [-0.3, -0.25) is 4.79 Å². The second kappa shape index (κ2) is 7.89. The van der Waals surface area contributed by atoms with Gasteiger partial charge in [-0.25, -0.2) is 13.6 Å². The normalized spacial score (nSPS) is 20.8. The van der Waals surface area contributed by atoms with E-state index in [0.29, 0.717) is 25.7 Å². The summed E-state index contributed by atoms with van der Waals surface area (Å²) in [6.45, 7) is 0.119. The number of carbonyl (C=O) groups is 2. The zero-order chi connectivity index (χ0) is 16.8. The lowest BCUT2D eigenvalue weighted by molar-refractivity contribution is -0.142. The minimum atomic E-state index is -0.792. The Balaban J connectivity index is 1.71. The lowest BCUT2D eigenvalue weighted by atomic mass is 9.86. The lowest BCUT2D eigenvalue weighted by Crippen LogP contribution is -2.44. The van der Waals surface area contributed by atoms with Crippen molar-refractivity contribution in [3.8, 4) is 0 Å². The molecule has 126 valence electrons. The van der Waals surface area contributed by atoms with Crippen LogP contribution in [0.15, 0.2) is 18.2 Å². The summed E-state index contributed by atoms with van der Waals surface area (Å²) in [5, 5.41) is 14.2. The van der Waals surface area contributed by atoms with E-state index in [1.165, 1.54) is 18.2 Å². The van der Waals surface area contributed by atoms with Gasteiger partial charge in [0.15, 0.2) is 0 Å². The highest BCUT2D eigenvalue weighted by Gasteiger charge is 2.26. The highest BCUT2D eigenvalue weighted by Crippen LogP contribution is 2.24. The first-order chi connectivity index (χ1) is 11.0. The van der Waals surface area contributed by atoms with E-state index in [1.54, 1.807) is 0 Å². The van der Waals surface area contributed by atoms with E-state index >= 15 is 0 Å². The van der Waals surface area contributed by atoms with Crippen molar-refractivity contribution in [1.29, 1.82) is 0 Å². The number of carbonyl (C=O) groups excluding carboxylic acids is 1. The molecule has 0 saturated heterocycles. The molecule has 0 atom stereocenters. The fourth-order valence-corrected chi connectivity index (χ4v) is 2.79. The minimum Gasteiger partial charge on any atom is -0.481 e. The maximum absolute atomic E-state index is 13.4. The molecule has 0 aromatic heterocycles. The van der Waals surface area contributed by atoms with Gasteiger partial charge < -0.3 is 15.7 Å². The SMILES string of the molecule is O=C(NCCc1c(F)cccc1F)NC1CCC(C(=O)O)CC1. The molecule has 1 saturated carbocycles. The molecule has 5 nitrogen and oxygen atoms in total. The van der Waals surface area contributed by atoms with Crippen LogP contribution in [-0.4, -0.2) is 29.7 Å². The van der Waals surface area contributed by atoms with Crippen LogP contribution >= 0.6 is 0 Å². The highest BCUT2D eigenvalue weighted by atomic mass is 19.1. The van der Waals surface area contributed by atoms with Gasteiger partial charge in [-0.15, -0.1) is 0 Å². The molecular formula is C16H20F2N2O3. The van der Waals surface area contributed by atoms with Crippen LogP contribution in [0.4, 0.5) is 13.6 Å². The van der Waals surface area contributed by atoms with E-state index in [1.807, 2.05) is 0 Å². The summed E-state index contributed by atoms with van der Waals surface area (Å²) in [4.78, 5) is 22.6. The first-order valence-electron chi connectivity index (χ1n) is 7.67. The van der Waals surface area contributed by atoms with Crippen molar-refractivity contribution < 1.29 is 23.5 Å². The third-order valence-electron chi connectivity index (χ3n) is 4.13. The fourth-order valence-electron chi connectivity index (χ4n) is 2.79. The molecule has 3 N–H and O–H groups in total. The van der Waals surface area contributed by atoms with Gasteiger partial charge in [0, 0.05) is 18.2 Å². The van der Waals surface area contributed by atoms with Crippen LogP contribution < -0.4 is 10.6 Å². The number of aliphatic carboxylic acids is 1. The molecule has 0 aliphatic heterocycles. The molecule has 23 heavy (non-hydrogen) atoms. The fraction of sp³-hybridized carbons (Fsp3) is 0.500. The number of hydrogen-bond donors (Lipinski definition) is 3.